The van der Waals surface area contributed by atoms with Crippen molar-refractivity contribution in [2.75, 3.05) is 7.11 Å². The van der Waals surface area contributed by atoms with E-state index in [0.29, 0.717) is 5.56 Å². The number of carbonyl (C=O) groups is 3. The lowest BCUT2D eigenvalue weighted by atomic mass is 10.0. The van der Waals surface area contributed by atoms with E-state index in [2.05, 4.69) is 10.1 Å². The van der Waals surface area contributed by atoms with E-state index in [0.717, 1.165) is 0 Å². The first kappa shape index (κ1) is 16.6. The summed E-state index contributed by atoms with van der Waals surface area (Å²) in [4.78, 5) is 33.3. The van der Waals surface area contributed by atoms with Gasteiger partial charge in [0.1, 0.15) is 5.82 Å². The summed E-state index contributed by atoms with van der Waals surface area (Å²) in [5.41, 5.74) is 0.391. The second-order valence-corrected chi connectivity index (χ2v) is 4.33. The highest BCUT2D eigenvalue weighted by atomic mass is 19.1. The Morgan fingerprint density at radius 2 is 2.05 bits per heavy atom. The maximum absolute atomic E-state index is 13.2. The van der Waals surface area contributed by atoms with Crippen molar-refractivity contribution in [1.29, 1.82) is 0 Å². The highest BCUT2D eigenvalue weighted by Crippen LogP contribution is 2.18. The van der Waals surface area contributed by atoms with Crippen molar-refractivity contribution in [3.05, 3.63) is 35.6 Å². The Morgan fingerprint density at radius 3 is 2.62 bits per heavy atom. The van der Waals surface area contributed by atoms with Crippen LogP contribution in [0.2, 0.25) is 0 Å². The van der Waals surface area contributed by atoms with Crippen molar-refractivity contribution in [3.63, 3.8) is 0 Å². The smallest absolute Gasteiger partial charge is 0.307 e. The maximum atomic E-state index is 13.2. The topological polar surface area (TPSA) is 95.5 Å². The van der Waals surface area contributed by atoms with E-state index in [1.807, 2.05) is 0 Å². The van der Waals surface area contributed by atoms with Crippen LogP contribution in [-0.2, 0) is 19.1 Å². The van der Waals surface area contributed by atoms with Crippen LogP contribution >= 0.6 is 0 Å². The van der Waals surface area contributed by atoms with Gasteiger partial charge in [0.2, 0.25) is 5.91 Å². The molecule has 0 saturated heterocycles. The number of hydrogen-bond acceptors (Lipinski definition) is 5. The fourth-order valence-electron chi connectivity index (χ4n) is 1.71. The largest absolute Gasteiger partial charge is 0.550 e. The fraction of sp³-hybridized carbons (Fsp3) is 0.357. The second-order valence-electron chi connectivity index (χ2n) is 4.33. The Labute approximate surface area is 120 Å². The van der Waals surface area contributed by atoms with Crippen LogP contribution in [0.25, 0.3) is 0 Å². The molecule has 1 aromatic rings. The number of hydrogen-bond donors (Lipinski definition) is 1. The van der Waals surface area contributed by atoms with Crippen LogP contribution < -0.4 is 10.4 Å². The van der Waals surface area contributed by atoms with E-state index in [9.17, 15) is 23.9 Å². The SMILES string of the molecule is COC(=O)C[C@@H](NC(=O)CCC(=O)[O-])c1cccc(F)c1. The van der Waals surface area contributed by atoms with Crippen LogP contribution in [0.3, 0.4) is 0 Å². The number of halogens is 1. The molecule has 0 fully saturated rings. The summed E-state index contributed by atoms with van der Waals surface area (Å²) in [6.45, 7) is 0. The highest BCUT2D eigenvalue weighted by molar-refractivity contribution is 5.81. The Hall–Kier alpha value is -2.44. The number of carboxylic acid groups (broad SMARTS) is 1. The molecule has 21 heavy (non-hydrogen) atoms. The molecule has 7 heteroatoms. The number of aliphatic carboxylic acids is 1. The van der Waals surface area contributed by atoms with Gasteiger partial charge in [0.05, 0.1) is 19.6 Å². The van der Waals surface area contributed by atoms with Crippen molar-refractivity contribution in [1.82, 2.24) is 5.32 Å². The van der Waals surface area contributed by atoms with E-state index in [-0.39, 0.29) is 12.8 Å². The van der Waals surface area contributed by atoms with E-state index < -0.39 is 36.1 Å². The Balaban J connectivity index is 2.80. The molecule has 0 bridgehead atoms. The maximum Gasteiger partial charge on any atom is 0.307 e. The number of methoxy groups -OCH3 is 1. The van der Waals surface area contributed by atoms with E-state index in [1.54, 1.807) is 6.07 Å². The first-order valence-electron chi connectivity index (χ1n) is 6.24. The minimum absolute atomic E-state index is 0.184. The van der Waals surface area contributed by atoms with Crippen LogP contribution in [0.15, 0.2) is 24.3 Å². The van der Waals surface area contributed by atoms with Crippen molar-refractivity contribution in [2.45, 2.75) is 25.3 Å². The molecule has 6 nitrogen and oxygen atoms in total. The molecule has 0 radical (unpaired) electrons. The van der Waals surface area contributed by atoms with Crippen molar-refractivity contribution in [3.8, 4) is 0 Å². The standard InChI is InChI=1S/C14H16FNO5/c1-21-14(20)8-11(9-3-2-4-10(15)7-9)16-12(17)5-6-13(18)19/h2-4,7,11H,5-6,8H2,1H3,(H,16,17)(H,18,19)/p-1/t11-/m1/s1. The molecule has 0 aliphatic heterocycles. The highest BCUT2D eigenvalue weighted by Gasteiger charge is 2.19. The van der Waals surface area contributed by atoms with Gasteiger partial charge in [-0.3, -0.25) is 9.59 Å². The third-order valence-electron chi connectivity index (χ3n) is 2.74. The molecular formula is C14H15FNO5-. The van der Waals surface area contributed by atoms with Gasteiger partial charge in [-0.15, -0.1) is 0 Å². The molecule has 1 aromatic carbocycles. The second kappa shape index (κ2) is 7.98. The molecular weight excluding hydrogens is 281 g/mol. The zero-order valence-electron chi connectivity index (χ0n) is 11.4. The Bertz CT molecular complexity index is 532. The summed E-state index contributed by atoms with van der Waals surface area (Å²) >= 11 is 0. The lowest BCUT2D eigenvalue weighted by Crippen LogP contribution is -2.32. The number of nitrogens with one attached hydrogen (secondary N) is 1. The molecule has 0 spiro atoms. The molecule has 1 atom stereocenters. The predicted molar refractivity (Wildman–Crippen MR) is 68.2 cm³/mol. The van der Waals surface area contributed by atoms with Gasteiger partial charge in [0, 0.05) is 12.4 Å². The zero-order valence-corrected chi connectivity index (χ0v) is 11.4. The van der Waals surface area contributed by atoms with E-state index in [4.69, 9.17) is 0 Å². The minimum Gasteiger partial charge on any atom is -0.550 e. The number of benzene rings is 1. The normalized spacial score (nSPS) is 11.5. The van der Waals surface area contributed by atoms with Crippen LogP contribution in [-0.4, -0.2) is 25.0 Å². The minimum atomic E-state index is -1.35. The van der Waals surface area contributed by atoms with Crippen LogP contribution in [0.1, 0.15) is 30.9 Å². The monoisotopic (exact) mass is 296 g/mol. The molecule has 0 unspecified atom stereocenters. The zero-order chi connectivity index (χ0) is 15.8. The van der Waals surface area contributed by atoms with E-state index >= 15 is 0 Å². The molecule has 1 rings (SSSR count). The van der Waals surface area contributed by atoms with Crippen LogP contribution in [0.5, 0.6) is 0 Å². The molecule has 0 aliphatic carbocycles. The number of rotatable bonds is 7. The summed E-state index contributed by atoms with van der Waals surface area (Å²) in [6.07, 6.45) is -0.897. The molecule has 0 aliphatic rings. The van der Waals surface area contributed by atoms with E-state index in [1.165, 1.54) is 25.3 Å². The molecule has 114 valence electrons. The lowest BCUT2D eigenvalue weighted by Gasteiger charge is -2.18. The quantitative estimate of drug-likeness (QED) is 0.719. The van der Waals surface area contributed by atoms with Crippen LogP contribution in [0.4, 0.5) is 4.39 Å². The number of esters is 1. The molecule has 0 saturated carbocycles. The fourth-order valence-corrected chi connectivity index (χ4v) is 1.71. The van der Waals surface area contributed by atoms with Gasteiger partial charge >= 0.3 is 5.97 Å². The number of ether oxygens (including phenoxy) is 1. The van der Waals surface area contributed by atoms with Gasteiger partial charge in [0.15, 0.2) is 0 Å². The number of carbonyl (C=O) groups excluding carboxylic acids is 3. The molecule has 0 aromatic heterocycles. The van der Waals surface area contributed by atoms with Gasteiger partial charge in [-0.2, -0.15) is 0 Å². The van der Waals surface area contributed by atoms with Crippen molar-refractivity contribution >= 4 is 17.8 Å². The summed E-state index contributed by atoms with van der Waals surface area (Å²) in [5.74, 6) is -3.01. The molecule has 1 N–H and O–H groups in total. The number of amides is 1. The third kappa shape index (κ3) is 6.03. The number of carboxylic acids is 1. The van der Waals surface area contributed by atoms with Crippen molar-refractivity contribution < 1.29 is 28.6 Å². The molecule has 0 heterocycles. The third-order valence-corrected chi connectivity index (χ3v) is 2.74. The summed E-state index contributed by atoms with van der Waals surface area (Å²) < 4.78 is 17.7. The Morgan fingerprint density at radius 1 is 1.33 bits per heavy atom. The van der Waals surface area contributed by atoms with Gasteiger partial charge in [-0.05, 0) is 24.1 Å². The molecule has 1 amide bonds. The predicted octanol–water partition coefficient (Wildman–Crippen LogP) is 0.0762. The van der Waals surface area contributed by atoms with Gasteiger partial charge in [-0.25, -0.2) is 4.39 Å². The van der Waals surface area contributed by atoms with Gasteiger partial charge < -0.3 is 20.0 Å². The first-order valence-corrected chi connectivity index (χ1v) is 6.24. The van der Waals surface area contributed by atoms with Gasteiger partial charge in [-0.1, -0.05) is 12.1 Å². The van der Waals surface area contributed by atoms with Crippen LogP contribution in [0, 0.1) is 5.82 Å². The average Bonchev–Trinajstić information content (AvgIpc) is 2.44. The summed E-state index contributed by atoms with van der Waals surface area (Å²) in [6, 6.07) is 4.63. The lowest BCUT2D eigenvalue weighted by molar-refractivity contribution is -0.305. The van der Waals surface area contributed by atoms with Gasteiger partial charge in [0.25, 0.3) is 0 Å². The first-order chi connectivity index (χ1) is 9.92. The average molecular weight is 296 g/mol. The Kier molecular flexibility index (Phi) is 6.32. The summed E-state index contributed by atoms with van der Waals surface area (Å²) in [7, 11) is 1.20. The van der Waals surface area contributed by atoms with Crippen molar-refractivity contribution in [2.24, 2.45) is 0 Å². The summed E-state index contributed by atoms with van der Waals surface area (Å²) in [5, 5.41) is 12.8.